The fourth-order valence-corrected chi connectivity index (χ4v) is 2.63. The van der Waals surface area contributed by atoms with Gasteiger partial charge < -0.3 is 15.4 Å². The predicted octanol–water partition coefficient (Wildman–Crippen LogP) is 1.12. The number of carbonyl (C=O) groups is 2. The Morgan fingerprint density at radius 1 is 1.42 bits per heavy atom. The number of carboxylic acid groups (broad SMARTS) is 1. The van der Waals surface area contributed by atoms with Gasteiger partial charge in [0.15, 0.2) is 0 Å². The lowest BCUT2D eigenvalue weighted by Crippen LogP contribution is -2.40. The molecule has 0 saturated heterocycles. The van der Waals surface area contributed by atoms with E-state index in [1.54, 1.807) is 0 Å². The number of nitrogens with one attached hydrogen (secondary N) is 2. The van der Waals surface area contributed by atoms with Gasteiger partial charge in [-0.3, -0.25) is 14.4 Å². The number of pyridine rings is 1. The molecule has 1 aromatic heterocycles. The van der Waals surface area contributed by atoms with E-state index in [0.29, 0.717) is 18.4 Å². The summed E-state index contributed by atoms with van der Waals surface area (Å²) in [4.78, 5) is 36.6. The van der Waals surface area contributed by atoms with Gasteiger partial charge in [0, 0.05) is 12.2 Å². The van der Waals surface area contributed by atoms with E-state index < -0.39 is 11.9 Å². The van der Waals surface area contributed by atoms with Crippen molar-refractivity contribution >= 4 is 27.8 Å². The molecule has 19 heavy (non-hydrogen) atoms. The van der Waals surface area contributed by atoms with Crippen molar-refractivity contribution in [2.24, 2.45) is 5.92 Å². The van der Waals surface area contributed by atoms with Crippen molar-refractivity contribution in [1.82, 2.24) is 10.3 Å². The third-order valence-electron chi connectivity index (χ3n) is 3.27. The summed E-state index contributed by atoms with van der Waals surface area (Å²) in [5.74, 6) is -1.80. The average molecular weight is 329 g/mol. The van der Waals surface area contributed by atoms with Crippen molar-refractivity contribution in [3.05, 3.63) is 32.7 Å². The molecule has 1 heterocycles. The second kappa shape index (κ2) is 5.56. The fraction of sp³-hybridized carbons (Fsp3) is 0.417. The van der Waals surface area contributed by atoms with Crippen LogP contribution in [-0.2, 0) is 4.79 Å². The minimum absolute atomic E-state index is 0.265. The third-order valence-corrected chi connectivity index (χ3v) is 3.86. The van der Waals surface area contributed by atoms with E-state index >= 15 is 0 Å². The Balaban J connectivity index is 2.10. The van der Waals surface area contributed by atoms with E-state index in [-0.39, 0.29) is 22.0 Å². The van der Waals surface area contributed by atoms with Gasteiger partial charge in [0.25, 0.3) is 11.5 Å². The number of hydrogen-bond donors (Lipinski definition) is 3. The highest BCUT2D eigenvalue weighted by molar-refractivity contribution is 9.10. The van der Waals surface area contributed by atoms with E-state index in [9.17, 15) is 14.4 Å². The van der Waals surface area contributed by atoms with Gasteiger partial charge in [-0.05, 0) is 34.8 Å². The standard InChI is InChI=1S/C12H13BrN2O4/c13-8-4-6(5-14-11(8)17)10(16)15-9-3-1-2-7(9)12(18)19/h4-5,7,9H,1-3H2,(H,14,17)(H,15,16)(H,18,19)/t7-,9+/m1/s1. The smallest absolute Gasteiger partial charge is 0.308 e. The summed E-state index contributed by atoms with van der Waals surface area (Å²) in [5.41, 5.74) is -0.0247. The SMILES string of the molecule is O=C(N[C@H]1CCC[C@H]1C(=O)O)c1c[nH]c(=O)c(Br)c1. The molecule has 1 fully saturated rings. The molecular formula is C12H13BrN2O4. The number of halogens is 1. The molecule has 102 valence electrons. The first-order valence-corrected chi connectivity index (χ1v) is 6.70. The molecular weight excluding hydrogens is 316 g/mol. The van der Waals surface area contributed by atoms with Crippen molar-refractivity contribution in [2.45, 2.75) is 25.3 Å². The molecule has 0 aromatic carbocycles. The minimum atomic E-state index is -0.884. The number of H-pyrrole nitrogens is 1. The van der Waals surface area contributed by atoms with Crippen molar-refractivity contribution in [1.29, 1.82) is 0 Å². The second-order valence-corrected chi connectivity index (χ2v) is 5.38. The molecule has 2 rings (SSSR count). The maximum absolute atomic E-state index is 12.0. The van der Waals surface area contributed by atoms with Crippen LogP contribution in [0.3, 0.4) is 0 Å². The zero-order valence-electron chi connectivity index (χ0n) is 9.98. The van der Waals surface area contributed by atoms with Gasteiger partial charge in [0.1, 0.15) is 0 Å². The van der Waals surface area contributed by atoms with Crippen molar-refractivity contribution in [3.63, 3.8) is 0 Å². The number of aromatic nitrogens is 1. The molecule has 0 spiro atoms. The first-order chi connectivity index (χ1) is 8.99. The second-order valence-electron chi connectivity index (χ2n) is 4.52. The van der Waals surface area contributed by atoms with Gasteiger partial charge in [0.2, 0.25) is 0 Å². The van der Waals surface area contributed by atoms with Crippen molar-refractivity contribution < 1.29 is 14.7 Å². The summed E-state index contributed by atoms with van der Waals surface area (Å²) in [5, 5.41) is 11.8. The normalized spacial score (nSPS) is 22.2. The van der Waals surface area contributed by atoms with E-state index in [4.69, 9.17) is 5.11 Å². The molecule has 6 nitrogen and oxygen atoms in total. The van der Waals surface area contributed by atoms with Crippen LogP contribution in [0.2, 0.25) is 0 Å². The Hall–Kier alpha value is -1.63. The molecule has 1 saturated carbocycles. The molecule has 2 atom stereocenters. The Morgan fingerprint density at radius 3 is 2.79 bits per heavy atom. The monoisotopic (exact) mass is 328 g/mol. The van der Waals surface area contributed by atoms with E-state index in [1.165, 1.54) is 12.3 Å². The highest BCUT2D eigenvalue weighted by atomic mass is 79.9. The average Bonchev–Trinajstić information content (AvgIpc) is 2.80. The van der Waals surface area contributed by atoms with Crippen LogP contribution in [0.25, 0.3) is 0 Å². The van der Waals surface area contributed by atoms with E-state index in [1.807, 2.05) is 0 Å². The van der Waals surface area contributed by atoms with Gasteiger partial charge in [-0.1, -0.05) is 6.42 Å². The number of rotatable bonds is 3. The van der Waals surface area contributed by atoms with Gasteiger partial charge in [0.05, 0.1) is 16.0 Å². The third kappa shape index (κ3) is 3.04. The fourth-order valence-electron chi connectivity index (χ4n) is 2.27. The van der Waals surface area contributed by atoms with Crippen LogP contribution in [0.1, 0.15) is 29.6 Å². The van der Waals surface area contributed by atoms with Crippen molar-refractivity contribution in [2.75, 3.05) is 0 Å². The van der Waals surface area contributed by atoms with E-state index in [0.717, 1.165) is 6.42 Å². The lowest BCUT2D eigenvalue weighted by molar-refractivity contribution is -0.142. The molecule has 1 aliphatic rings. The Kier molecular flexibility index (Phi) is 4.04. The maximum Gasteiger partial charge on any atom is 0.308 e. The number of aliphatic carboxylic acids is 1. The predicted molar refractivity (Wildman–Crippen MR) is 71.0 cm³/mol. The van der Waals surface area contributed by atoms with Gasteiger partial charge in [-0.15, -0.1) is 0 Å². The van der Waals surface area contributed by atoms with Gasteiger partial charge in [-0.2, -0.15) is 0 Å². The molecule has 0 aliphatic heterocycles. The Morgan fingerprint density at radius 2 is 2.16 bits per heavy atom. The van der Waals surface area contributed by atoms with Crippen LogP contribution in [0, 0.1) is 5.92 Å². The lowest BCUT2D eigenvalue weighted by Gasteiger charge is -2.17. The maximum atomic E-state index is 12.0. The summed E-state index contributed by atoms with van der Waals surface area (Å²) < 4.78 is 0.265. The number of carboxylic acids is 1. The zero-order chi connectivity index (χ0) is 14.0. The molecule has 3 N–H and O–H groups in total. The Labute approximate surface area is 117 Å². The summed E-state index contributed by atoms with van der Waals surface area (Å²) in [6, 6.07) is 1.06. The molecule has 7 heteroatoms. The summed E-state index contributed by atoms with van der Waals surface area (Å²) in [6.07, 6.45) is 3.34. The lowest BCUT2D eigenvalue weighted by atomic mass is 10.0. The van der Waals surface area contributed by atoms with Crippen LogP contribution in [0.15, 0.2) is 21.5 Å². The largest absolute Gasteiger partial charge is 0.481 e. The van der Waals surface area contributed by atoms with Crippen LogP contribution in [0.4, 0.5) is 0 Å². The van der Waals surface area contributed by atoms with Crippen LogP contribution < -0.4 is 10.9 Å². The number of carbonyl (C=O) groups excluding carboxylic acids is 1. The first kappa shape index (κ1) is 13.8. The van der Waals surface area contributed by atoms with Gasteiger partial charge in [-0.25, -0.2) is 0 Å². The topological polar surface area (TPSA) is 99.3 Å². The molecule has 1 aliphatic carbocycles. The van der Waals surface area contributed by atoms with Gasteiger partial charge >= 0.3 is 5.97 Å². The van der Waals surface area contributed by atoms with Crippen LogP contribution in [-0.4, -0.2) is 28.0 Å². The summed E-state index contributed by atoms with van der Waals surface area (Å²) in [6.45, 7) is 0. The molecule has 0 unspecified atom stereocenters. The molecule has 1 aromatic rings. The molecule has 1 amide bonds. The number of amides is 1. The van der Waals surface area contributed by atoms with E-state index in [2.05, 4.69) is 26.2 Å². The zero-order valence-corrected chi connectivity index (χ0v) is 11.6. The highest BCUT2D eigenvalue weighted by Gasteiger charge is 2.34. The first-order valence-electron chi connectivity index (χ1n) is 5.91. The van der Waals surface area contributed by atoms with Crippen LogP contribution >= 0.6 is 15.9 Å². The summed E-state index contributed by atoms with van der Waals surface area (Å²) >= 11 is 3.04. The molecule has 0 bridgehead atoms. The quantitative estimate of drug-likeness (QED) is 0.774. The summed E-state index contributed by atoms with van der Waals surface area (Å²) in [7, 11) is 0. The Bertz CT molecular complexity index is 569. The number of hydrogen-bond acceptors (Lipinski definition) is 3. The highest BCUT2D eigenvalue weighted by Crippen LogP contribution is 2.26. The van der Waals surface area contributed by atoms with Crippen LogP contribution in [0.5, 0.6) is 0 Å². The minimum Gasteiger partial charge on any atom is -0.481 e. The van der Waals surface area contributed by atoms with Crippen molar-refractivity contribution in [3.8, 4) is 0 Å². The number of aromatic amines is 1. The molecule has 0 radical (unpaired) electrons.